The molecular formula is C11H20N4OS. The summed E-state index contributed by atoms with van der Waals surface area (Å²) in [6, 6.07) is 0.830. The lowest BCUT2D eigenvalue weighted by Crippen LogP contribution is -2.43. The molecule has 0 aromatic carbocycles. The van der Waals surface area contributed by atoms with Gasteiger partial charge in [-0.15, -0.1) is 10.2 Å². The van der Waals surface area contributed by atoms with Gasteiger partial charge < -0.3 is 15.4 Å². The highest BCUT2D eigenvalue weighted by molar-refractivity contribution is 7.15. The normalized spacial score (nSPS) is 22.4. The van der Waals surface area contributed by atoms with Crippen LogP contribution < -0.4 is 10.6 Å². The summed E-state index contributed by atoms with van der Waals surface area (Å²) in [5, 5.41) is 17.1. The highest BCUT2D eigenvalue weighted by atomic mass is 32.1. The number of ether oxygens (including phenoxy) is 1. The number of hydrogen-bond acceptors (Lipinski definition) is 6. The molecule has 1 aromatic rings. The SMILES string of the molecule is CCc1nnc(NC(C)CC2COCCN2)s1. The molecule has 1 aliphatic heterocycles. The smallest absolute Gasteiger partial charge is 0.205 e. The maximum Gasteiger partial charge on any atom is 0.205 e. The summed E-state index contributed by atoms with van der Waals surface area (Å²) in [6.45, 7) is 6.85. The summed E-state index contributed by atoms with van der Waals surface area (Å²) in [7, 11) is 0. The molecule has 0 aliphatic carbocycles. The third-order valence-corrected chi connectivity index (χ3v) is 3.77. The largest absolute Gasteiger partial charge is 0.379 e. The molecule has 1 aliphatic rings. The summed E-state index contributed by atoms with van der Waals surface area (Å²) in [4.78, 5) is 0. The quantitative estimate of drug-likeness (QED) is 0.831. The van der Waals surface area contributed by atoms with E-state index >= 15 is 0 Å². The van der Waals surface area contributed by atoms with Crippen molar-refractivity contribution in [1.82, 2.24) is 15.5 Å². The highest BCUT2D eigenvalue weighted by Crippen LogP contribution is 2.17. The zero-order chi connectivity index (χ0) is 12.1. The Bertz CT molecular complexity index is 338. The van der Waals surface area contributed by atoms with E-state index in [1.807, 2.05) is 0 Å². The van der Waals surface area contributed by atoms with Gasteiger partial charge in [0.1, 0.15) is 5.01 Å². The Balaban J connectivity index is 1.77. The van der Waals surface area contributed by atoms with Gasteiger partial charge in [0.25, 0.3) is 0 Å². The molecule has 2 N–H and O–H groups in total. The van der Waals surface area contributed by atoms with E-state index in [0.717, 1.165) is 42.7 Å². The van der Waals surface area contributed by atoms with Gasteiger partial charge in [-0.25, -0.2) is 0 Å². The minimum Gasteiger partial charge on any atom is -0.379 e. The Kier molecular flexibility index (Phi) is 4.70. The molecule has 0 radical (unpaired) electrons. The van der Waals surface area contributed by atoms with E-state index in [0.29, 0.717) is 12.1 Å². The highest BCUT2D eigenvalue weighted by Gasteiger charge is 2.16. The number of hydrogen-bond donors (Lipinski definition) is 2. The van der Waals surface area contributed by atoms with E-state index in [1.165, 1.54) is 0 Å². The van der Waals surface area contributed by atoms with E-state index in [4.69, 9.17) is 4.74 Å². The summed E-state index contributed by atoms with van der Waals surface area (Å²) >= 11 is 1.64. The molecule has 2 unspecified atom stereocenters. The Labute approximate surface area is 106 Å². The molecule has 2 rings (SSSR count). The molecular weight excluding hydrogens is 236 g/mol. The number of nitrogens with zero attached hydrogens (tertiary/aromatic N) is 2. The molecule has 0 amide bonds. The lowest BCUT2D eigenvalue weighted by Gasteiger charge is -2.26. The van der Waals surface area contributed by atoms with E-state index in [1.54, 1.807) is 11.3 Å². The van der Waals surface area contributed by atoms with Crippen LogP contribution in [0, 0.1) is 0 Å². The predicted molar refractivity (Wildman–Crippen MR) is 69.6 cm³/mol. The maximum atomic E-state index is 5.44. The van der Waals surface area contributed by atoms with Crippen LogP contribution in [0.3, 0.4) is 0 Å². The Hall–Kier alpha value is -0.720. The molecule has 96 valence electrons. The van der Waals surface area contributed by atoms with Crippen LogP contribution >= 0.6 is 11.3 Å². The number of nitrogens with one attached hydrogen (secondary N) is 2. The first-order chi connectivity index (χ1) is 8.28. The lowest BCUT2D eigenvalue weighted by atomic mass is 10.1. The van der Waals surface area contributed by atoms with Gasteiger partial charge in [-0.1, -0.05) is 18.3 Å². The average molecular weight is 256 g/mol. The van der Waals surface area contributed by atoms with Gasteiger partial charge in [0.05, 0.1) is 13.2 Å². The van der Waals surface area contributed by atoms with E-state index < -0.39 is 0 Å². The second kappa shape index (κ2) is 6.28. The van der Waals surface area contributed by atoms with Crippen LogP contribution in [0.4, 0.5) is 5.13 Å². The zero-order valence-electron chi connectivity index (χ0n) is 10.4. The number of anilines is 1. The van der Waals surface area contributed by atoms with Crippen molar-refractivity contribution in [3.8, 4) is 0 Å². The number of morpholine rings is 1. The third-order valence-electron chi connectivity index (χ3n) is 2.78. The van der Waals surface area contributed by atoms with E-state index in [2.05, 4.69) is 34.7 Å². The van der Waals surface area contributed by atoms with Crippen LogP contribution in [0.15, 0.2) is 0 Å². The summed E-state index contributed by atoms with van der Waals surface area (Å²) in [6.07, 6.45) is 1.99. The maximum absolute atomic E-state index is 5.44. The van der Waals surface area contributed by atoms with E-state index in [9.17, 15) is 0 Å². The fourth-order valence-corrected chi connectivity index (χ4v) is 2.71. The summed E-state index contributed by atoms with van der Waals surface area (Å²) in [5.41, 5.74) is 0. The molecule has 0 saturated carbocycles. The van der Waals surface area contributed by atoms with Crippen molar-refractivity contribution < 1.29 is 4.74 Å². The van der Waals surface area contributed by atoms with E-state index in [-0.39, 0.29) is 0 Å². The molecule has 0 spiro atoms. The van der Waals surface area contributed by atoms with Gasteiger partial charge in [-0.3, -0.25) is 0 Å². The van der Waals surface area contributed by atoms with Crippen LogP contribution in [-0.4, -0.2) is 42.0 Å². The molecule has 1 aromatic heterocycles. The van der Waals surface area contributed by atoms with Crippen LogP contribution in [-0.2, 0) is 11.2 Å². The third kappa shape index (κ3) is 3.90. The monoisotopic (exact) mass is 256 g/mol. The van der Waals surface area contributed by atoms with Gasteiger partial charge >= 0.3 is 0 Å². The van der Waals surface area contributed by atoms with Gasteiger partial charge in [-0.05, 0) is 19.8 Å². The summed E-state index contributed by atoms with van der Waals surface area (Å²) in [5.74, 6) is 0. The van der Waals surface area contributed by atoms with Gasteiger partial charge in [0.15, 0.2) is 0 Å². The first kappa shape index (κ1) is 12.7. The zero-order valence-corrected chi connectivity index (χ0v) is 11.2. The first-order valence-electron chi connectivity index (χ1n) is 6.18. The molecule has 5 nitrogen and oxygen atoms in total. The van der Waals surface area contributed by atoms with Crippen LogP contribution in [0.5, 0.6) is 0 Å². The van der Waals surface area contributed by atoms with Gasteiger partial charge in [-0.2, -0.15) is 0 Å². The van der Waals surface area contributed by atoms with Gasteiger partial charge in [0, 0.05) is 18.6 Å². The molecule has 0 bridgehead atoms. The fourth-order valence-electron chi connectivity index (χ4n) is 1.92. The molecule has 2 atom stereocenters. The van der Waals surface area contributed by atoms with Gasteiger partial charge in [0.2, 0.25) is 5.13 Å². The Morgan fingerprint density at radius 3 is 3.12 bits per heavy atom. The minimum absolute atomic E-state index is 0.381. The average Bonchev–Trinajstić information content (AvgIpc) is 2.78. The second-order valence-corrected chi connectivity index (χ2v) is 5.42. The number of rotatable bonds is 5. The molecule has 1 fully saturated rings. The van der Waals surface area contributed by atoms with Crippen LogP contribution in [0.25, 0.3) is 0 Å². The fraction of sp³-hybridized carbons (Fsp3) is 0.818. The topological polar surface area (TPSA) is 59.1 Å². The van der Waals surface area contributed by atoms with Crippen molar-refractivity contribution in [1.29, 1.82) is 0 Å². The second-order valence-electron chi connectivity index (χ2n) is 4.36. The lowest BCUT2D eigenvalue weighted by molar-refractivity contribution is 0.0731. The van der Waals surface area contributed by atoms with Crippen molar-refractivity contribution in [2.75, 3.05) is 25.1 Å². The molecule has 2 heterocycles. The van der Waals surface area contributed by atoms with Crippen molar-refractivity contribution in [3.63, 3.8) is 0 Å². The van der Waals surface area contributed by atoms with Crippen molar-refractivity contribution in [2.24, 2.45) is 0 Å². The predicted octanol–water partition coefficient (Wildman–Crippen LogP) is 1.28. The van der Waals surface area contributed by atoms with Crippen molar-refractivity contribution in [2.45, 2.75) is 38.8 Å². The van der Waals surface area contributed by atoms with Crippen LogP contribution in [0.2, 0.25) is 0 Å². The molecule has 6 heteroatoms. The number of aryl methyl sites for hydroxylation is 1. The Morgan fingerprint density at radius 2 is 2.47 bits per heavy atom. The Morgan fingerprint density at radius 1 is 1.59 bits per heavy atom. The molecule has 17 heavy (non-hydrogen) atoms. The van der Waals surface area contributed by atoms with Crippen molar-refractivity contribution >= 4 is 16.5 Å². The van der Waals surface area contributed by atoms with Crippen LogP contribution in [0.1, 0.15) is 25.3 Å². The number of aromatic nitrogens is 2. The summed E-state index contributed by atoms with van der Waals surface area (Å²) < 4.78 is 5.44. The minimum atomic E-state index is 0.381. The molecule has 1 saturated heterocycles. The standard InChI is InChI=1S/C11H20N4OS/c1-3-10-14-15-11(17-10)13-8(2)6-9-7-16-5-4-12-9/h8-9,12H,3-7H2,1-2H3,(H,13,15). The first-order valence-corrected chi connectivity index (χ1v) is 6.99. The van der Waals surface area contributed by atoms with Crippen molar-refractivity contribution in [3.05, 3.63) is 5.01 Å².